The number of hydrogen-bond acceptors (Lipinski definition) is 4. The van der Waals surface area contributed by atoms with E-state index in [1.165, 1.54) is 18.4 Å². The molecule has 1 aliphatic heterocycles. The zero-order valence-corrected chi connectivity index (χ0v) is 12.3. The molecule has 0 amide bonds. The van der Waals surface area contributed by atoms with Crippen LogP contribution in [0.25, 0.3) is 0 Å². The summed E-state index contributed by atoms with van der Waals surface area (Å²) < 4.78 is 5.42. The summed E-state index contributed by atoms with van der Waals surface area (Å²) in [5, 5.41) is 12.7. The molecule has 1 fully saturated rings. The highest BCUT2D eigenvalue weighted by atomic mass is 16.5. The van der Waals surface area contributed by atoms with Crippen LogP contribution in [0.5, 0.6) is 5.75 Å². The van der Waals surface area contributed by atoms with Crippen molar-refractivity contribution >= 4 is 0 Å². The number of methoxy groups -OCH3 is 1. The molecular formula is C16H26N2O2. The van der Waals surface area contributed by atoms with Gasteiger partial charge in [-0.05, 0) is 37.9 Å². The zero-order valence-electron chi connectivity index (χ0n) is 12.3. The van der Waals surface area contributed by atoms with E-state index in [4.69, 9.17) is 4.74 Å². The molecule has 0 atom stereocenters. The first-order valence-electron chi connectivity index (χ1n) is 7.49. The average Bonchev–Trinajstić information content (AvgIpc) is 2.49. The van der Waals surface area contributed by atoms with Crippen LogP contribution < -0.4 is 10.1 Å². The Morgan fingerprint density at radius 1 is 1.30 bits per heavy atom. The fraction of sp³-hybridized carbons (Fsp3) is 0.625. The lowest BCUT2D eigenvalue weighted by molar-refractivity contribution is 0.156. The van der Waals surface area contributed by atoms with Gasteiger partial charge in [0.05, 0.1) is 13.7 Å². The third kappa shape index (κ3) is 4.47. The van der Waals surface area contributed by atoms with Gasteiger partial charge in [0.1, 0.15) is 5.75 Å². The van der Waals surface area contributed by atoms with E-state index in [-0.39, 0.29) is 6.61 Å². The van der Waals surface area contributed by atoms with Crippen molar-refractivity contribution in [1.82, 2.24) is 10.2 Å². The summed E-state index contributed by atoms with van der Waals surface area (Å²) in [4.78, 5) is 2.34. The Morgan fingerprint density at radius 2 is 2.05 bits per heavy atom. The van der Waals surface area contributed by atoms with Gasteiger partial charge in [0.25, 0.3) is 0 Å². The molecule has 2 N–H and O–H groups in total. The number of ether oxygens (including phenoxy) is 1. The number of piperidine rings is 1. The highest BCUT2D eigenvalue weighted by Crippen LogP contribution is 2.21. The molecule has 0 spiro atoms. The molecule has 1 aliphatic rings. The quantitative estimate of drug-likeness (QED) is 0.793. The van der Waals surface area contributed by atoms with Gasteiger partial charge in [-0.3, -0.25) is 4.90 Å². The second-order valence-electron chi connectivity index (χ2n) is 5.46. The lowest BCUT2D eigenvalue weighted by atomic mass is 9.97. The van der Waals surface area contributed by atoms with Crippen LogP contribution in [0.1, 0.15) is 18.4 Å². The van der Waals surface area contributed by atoms with Crippen molar-refractivity contribution in [2.45, 2.75) is 19.4 Å². The Morgan fingerprint density at radius 3 is 2.75 bits per heavy atom. The molecule has 0 saturated carbocycles. The molecule has 1 aromatic rings. The van der Waals surface area contributed by atoms with E-state index >= 15 is 0 Å². The number of aliphatic hydroxyl groups excluding tert-OH is 1. The van der Waals surface area contributed by atoms with Crippen molar-refractivity contribution in [2.24, 2.45) is 5.92 Å². The highest BCUT2D eigenvalue weighted by Gasteiger charge is 2.17. The first-order chi connectivity index (χ1) is 9.83. The molecule has 0 bridgehead atoms. The number of nitrogens with one attached hydrogen (secondary N) is 1. The van der Waals surface area contributed by atoms with Crippen molar-refractivity contribution in [3.63, 3.8) is 0 Å². The van der Waals surface area contributed by atoms with E-state index in [9.17, 15) is 5.11 Å². The van der Waals surface area contributed by atoms with E-state index in [0.29, 0.717) is 0 Å². The summed E-state index contributed by atoms with van der Waals surface area (Å²) in [5.41, 5.74) is 1.19. The second-order valence-corrected chi connectivity index (χ2v) is 5.46. The maximum atomic E-state index is 9.29. The van der Waals surface area contributed by atoms with Crippen LogP contribution in [-0.4, -0.2) is 49.9 Å². The van der Waals surface area contributed by atoms with Gasteiger partial charge in [0, 0.05) is 25.2 Å². The molecule has 0 radical (unpaired) electrons. The SMILES string of the molecule is COc1ccccc1CN(CCO)CC1CCNCC1. The first kappa shape index (κ1) is 15.3. The number of nitrogens with zero attached hydrogens (tertiary/aromatic N) is 1. The van der Waals surface area contributed by atoms with Gasteiger partial charge in [-0.2, -0.15) is 0 Å². The Balaban J connectivity index is 1.96. The van der Waals surface area contributed by atoms with Gasteiger partial charge in [0.15, 0.2) is 0 Å². The normalized spacial score (nSPS) is 16.6. The summed E-state index contributed by atoms with van der Waals surface area (Å²) >= 11 is 0. The van der Waals surface area contributed by atoms with E-state index in [1.54, 1.807) is 7.11 Å². The lowest BCUT2D eigenvalue weighted by Crippen LogP contribution is -2.37. The lowest BCUT2D eigenvalue weighted by Gasteiger charge is -2.30. The van der Waals surface area contributed by atoms with Crippen LogP contribution >= 0.6 is 0 Å². The Kier molecular flexibility index (Phi) is 6.30. The Bertz CT molecular complexity index is 392. The molecule has 0 unspecified atom stereocenters. The molecule has 20 heavy (non-hydrogen) atoms. The van der Waals surface area contributed by atoms with Crippen LogP contribution in [-0.2, 0) is 6.54 Å². The van der Waals surface area contributed by atoms with E-state index in [0.717, 1.165) is 44.4 Å². The predicted molar refractivity (Wildman–Crippen MR) is 81.0 cm³/mol. The molecule has 0 aromatic heterocycles. The number of rotatable bonds is 7. The van der Waals surface area contributed by atoms with Gasteiger partial charge in [-0.25, -0.2) is 0 Å². The maximum Gasteiger partial charge on any atom is 0.123 e. The molecule has 4 heteroatoms. The monoisotopic (exact) mass is 278 g/mol. The standard InChI is InChI=1S/C16H26N2O2/c1-20-16-5-3-2-4-15(16)13-18(10-11-19)12-14-6-8-17-9-7-14/h2-5,14,17,19H,6-13H2,1H3. The van der Waals surface area contributed by atoms with Gasteiger partial charge >= 0.3 is 0 Å². The first-order valence-corrected chi connectivity index (χ1v) is 7.49. The van der Waals surface area contributed by atoms with Crippen LogP contribution in [0, 0.1) is 5.92 Å². The number of hydrogen-bond donors (Lipinski definition) is 2. The van der Waals surface area contributed by atoms with Crippen LogP contribution in [0.3, 0.4) is 0 Å². The Labute approximate surface area is 121 Å². The zero-order chi connectivity index (χ0) is 14.2. The van der Waals surface area contributed by atoms with Crippen LogP contribution in [0.15, 0.2) is 24.3 Å². The maximum absolute atomic E-state index is 9.29. The topological polar surface area (TPSA) is 44.7 Å². The molecular weight excluding hydrogens is 252 g/mol. The number of benzene rings is 1. The molecule has 1 saturated heterocycles. The smallest absolute Gasteiger partial charge is 0.123 e. The molecule has 0 aliphatic carbocycles. The molecule has 112 valence electrons. The van der Waals surface area contributed by atoms with E-state index < -0.39 is 0 Å². The van der Waals surface area contributed by atoms with Crippen molar-refractivity contribution in [1.29, 1.82) is 0 Å². The summed E-state index contributed by atoms with van der Waals surface area (Å²) in [6.07, 6.45) is 2.46. The van der Waals surface area contributed by atoms with Gasteiger partial charge in [-0.1, -0.05) is 18.2 Å². The molecule has 1 heterocycles. The fourth-order valence-corrected chi connectivity index (χ4v) is 2.88. The minimum atomic E-state index is 0.208. The van der Waals surface area contributed by atoms with Crippen molar-refractivity contribution in [2.75, 3.05) is 39.9 Å². The van der Waals surface area contributed by atoms with Crippen molar-refractivity contribution in [3.8, 4) is 5.75 Å². The number of para-hydroxylation sites is 1. The largest absolute Gasteiger partial charge is 0.496 e. The predicted octanol–water partition coefficient (Wildman–Crippen LogP) is 1.49. The summed E-state index contributed by atoms with van der Waals surface area (Å²) in [6.45, 7) is 5.06. The van der Waals surface area contributed by atoms with Crippen molar-refractivity contribution in [3.05, 3.63) is 29.8 Å². The average molecular weight is 278 g/mol. The Hall–Kier alpha value is -1.10. The van der Waals surface area contributed by atoms with E-state index in [2.05, 4.69) is 16.3 Å². The molecule has 2 rings (SSSR count). The minimum Gasteiger partial charge on any atom is -0.496 e. The second kappa shape index (κ2) is 8.25. The van der Waals surface area contributed by atoms with Gasteiger partial charge in [0.2, 0.25) is 0 Å². The fourth-order valence-electron chi connectivity index (χ4n) is 2.88. The molecule has 4 nitrogen and oxygen atoms in total. The third-order valence-corrected chi connectivity index (χ3v) is 3.98. The van der Waals surface area contributed by atoms with Gasteiger partial charge in [-0.15, -0.1) is 0 Å². The summed E-state index contributed by atoms with van der Waals surface area (Å²) in [6, 6.07) is 8.13. The third-order valence-electron chi connectivity index (χ3n) is 3.98. The minimum absolute atomic E-state index is 0.208. The van der Waals surface area contributed by atoms with E-state index in [1.807, 2.05) is 18.2 Å². The van der Waals surface area contributed by atoms with Crippen molar-refractivity contribution < 1.29 is 9.84 Å². The highest BCUT2D eigenvalue weighted by molar-refractivity contribution is 5.33. The van der Waals surface area contributed by atoms with Crippen LogP contribution in [0.2, 0.25) is 0 Å². The summed E-state index contributed by atoms with van der Waals surface area (Å²) in [7, 11) is 1.71. The summed E-state index contributed by atoms with van der Waals surface area (Å²) in [5.74, 6) is 1.67. The number of aliphatic hydroxyl groups is 1. The van der Waals surface area contributed by atoms with Gasteiger partial charge < -0.3 is 15.2 Å². The van der Waals surface area contributed by atoms with Crippen LogP contribution in [0.4, 0.5) is 0 Å². The molecule has 1 aromatic carbocycles.